The molecule has 0 saturated carbocycles. The summed E-state index contributed by atoms with van der Waals surface area (Å²) >= 11 is 0. The van der Waals surface area contributed by atoms with E-state index in [-0.39, 0.29) is 11.9 Å². The van der Waals surface area contributed by atoms with Crippen LogP contribution in [-0.2, 0) is 0 Å². The highest BCUT2D eigenvalue weighted by Crippen LogP contribution is 2.15. The maximum absolute atomic E-state index is 8.57. The van der Waals surface area contributed by atoms with Gasteiger partial charge in [-0.15, -0.1) is 0 Å². The summed E-state index contributed by atoms with van der Waals surface area (Å²) in [5, 5.41) is 11.5. The SMILES string of the molecule is CC(CC(N)=NO)N(C)c1ccnc(N(C)C)n1. The number of nitrogens with zero attached hydrogens (tertiary/aromatic N) is 5. The fourth-order valence-electron chi connectivity index (χ4n) is 1.46. The molecule has 7 heteroatoms. The average Bonchev–Trinajstić information content (AvgIpc) is 2.37. The lowest BCUT2D eigenvalue weighted by Crippen LogP contribution is -2.34. The van der Waals surface area contributed by atoms with Gasteiger partial charge in [-0.25, -0.2) is 4.98 Å². The Labute approximate surface area is 107 Å². The third-order valence-electron chi connectivity index (χ3n) is 2.68. The predicted octanol–water partition coefficient (Wildman–Crippen LogP) is 0.504. The molecule has 0 bridgehead atoms. The van der Waals surface area contributed by atoms with E-state index < -0.39 is 0 Å². The van der Waals surface area contributed by atoms with Crippen LogP contribution in [0.15, 0.2) is 17.4 Å². The summed E-state index contributed by atoms with van der Waals surface area (Å²) in [6.07, 6.45) is 2.18. The highest BCUT2D eigenvalue weighted by atomic mass is 16.4. The Morgan fingerprint density at radius 2 is 2.17 bits per heavy atom. The normalized spacial score (nSPS) is 13.2. The molecule has 0 fully saturated rings. The fraction of sp³-hybridized carbons (Fsp3) is 0.545. The van der Waals surface area contributed by atoms with Gasteiger partial charge in [-0.2, -0.15) is 4.98 Å². The Balaban J connectivity index is 2.83. The zero-order chi connectivity index (χ0) is 13.7. The van der Waals surface area contributed by atoms with Crippen LogP contribution in [0.1, 0.15) is 13.3 Å². The second-order valence-electron chi connectivity index (χ2n) is 4.36. The van der Waals surface area contributed by atoms with Crippen molar-refractivity contribution in [1.29, 1.82) is 0 Å². The van der Waals surface area contributed by atoms with Crippen LogP contribution in [0, 0.1) is 0 Å². The Hall–Kier alpha value is -2.05. The largest absolute Gasteiger partial charge is 0.409 e. The first kappa shape index (κ1) is 14.0. The van der Waals surface area contributed by atoms with Crippen LogP contribution in [0.25, 0.3) is 0 Å². The molecule has 7 nitrogen and oxygen atoms in total. The lowest BCUT2D eigenvalue weighted by Gasteiger charge is -2.26. The summed E-state index contributed by atoms with van der Waals surface area (Å²) in [5.41, 5.74) is 5.50. The third-order valence-corrected chi connectivity index (χ3v) is 2.68. The first-order chi connectivity index (χ1) is 8.45. The maximum Gasteiger partial charge on any atom is 0.226 e. The van der Waals surface area contributed by atoms with Crippen LogP contribution in [0.3, 0.4) is 0 Å². The van der Waals surface area contributed by atoms with E-state index in [2.05, 4.69) is 15.1 Å². The Bertz CT molecular complexity index is 420. The number of amidine groups is 1. The van der Waals surface area contributed by atoms with Crippen molar-refractivity contribution in [2.45, 2.75) is 19.4 Å². The molecule has 0 spiro atoms. The zero-order valence-electron chi connectivity index (χ0n) is 11.2. The van der Waals surface area contributed by atoms with E-state index in [0.29, 0.717) is 12.4 Å². The maximum atomic E-state index is 8.57. The molecule has 3 N–H and O–H groups in total. The van der Waals surface area contributed by atoms with Gasteiger partial charge < -0.3 is 20.7 Å². The van der Waals surface area contributed by atoms with E-state index in [4.69, 9.17) is 10.9 Å². The lowest BCUT2D eigenvalue weighted by atomic mass is 10.2. The smallest absolute Gasteiger partial charge is 0.226 e. The monoisotopic (exact) mass is 252 g/mol. The van der Waals surface area contributed by atoms with E-state index >= 15 is 0 Å². The van der Waals surface area contributed by atoms with E-state index in [9.17, 15) is 0 Å². The molecule has 1 rings (SSSR count). The standard InChI is InChI=1S/C11H20N6O/c1-8(7-9(12)15-18)17(4)10-5-6-13-11(14-10)16(2)3/h5-6,8,18H,7H2,1-4H3,(H2,12,15). The molecular weight excluding hydrogens is 232 g/mol. The minimum atomic E-state index is 0.0748. The summed E-state index contributed by atoms with van der Waals surface area (Å²) in [5.74, 6) is 1.65. The first-order valence-electron chi connectivity index (χ1n) is 5.65. The highest BCUT2D eigenvalue weighted by Gasteiger charge is 2.14. The lowest BCUT2D eigenvalue weighted by molar-refractivity contribution is 0.316. The van der Waals surface area contributed by atoms with Crippen LogP contribution in [0.2, 0.25) is 0 Å². The minimum Gasteiger partial charge on any atom is -0.409 e. The highest BCUT2D eigenvalue weighted by molar-refractivity contribution is 5.80. The summed E-state index contributed by atoms with van der Waals surface area (Å²) in [6.45, 7) is 1.98. The molecular formula is C11H20N6O. The van der Waals surface area contributed by atoms with Crippen molar-refractivity contribution in [3.05, 3.63) is 12.3 Å². The van der Waals surface area contributed by atoms with Crippen molar-refractivity contribution < 1.29 is 5.21 Å². The summed E-state index contributed by atoms with van der Waals surface area (Å²) < 4.78 is 0. The molecule has 0 aliphatic heterocycles. The van der Waals surface area contributed by atoms with Gasteiger partial charge in [0, 0.05) is 39.8 Å². The number of nitrogens with two attached hydrogens (primary N) is 1. The topological polar surface area (TPSA) is 90.9 Å². The number of aromatic nitrogens is 2. The van der Waals surface area contributed by atoms with Crippen LogP contribution in [-0.4, -0.2) is 48.2 Å². The van der Waals surface area contributed by atoms with Crippen LogP contribution in [0.5, 0.6) is 0 Å². The van der Waals surface area contributed by atoms with Gasteiger partial charge in [0.2, 0.25) is 5.95 Å². The second-order valence-corrected chi connectivity index (χ2v) is 4.36. The molecule has 0 amide bonds. The Kier molecular flexibility index (Phi) is 4.70. The molecule has 100 valence electrons. The van der Waals surface area contributed by atoms with Crippen molar-refractivity contribution in [1.82, 2.24) is 9.97 Å². The van der Waals surface area contributed by atoms with Crippen molar-refractivity contribution in [2.75, 3.05) is 30.9 Å². The van der Waals surface area contributed by atoms with Crippen molar-refractivity contribution in [3.8, 4) is 0 Å². The van der Waals surface area contributed by atoms with Crippen LogP contribution in [0.4, 0.5) is 11.8 Å². The van der Waals surface area contributed by atoms with Gasteiger partial charge in [-0.3, -0.25) is 0 Å². The number of hydrogen-bond acceptors (Lipinski definition) is 6. The van der Waals surface area contributed by atoms with E-state index in [1.165, 1.54) is 0 Å². The molecule has 0 aromatic carbocycles. The summed E-state index contributed by atoms with van der Waals surface area (Å²) in [4.78, 5) is 12.4. The zero-order valence-corrected chi connectivity index (χ0v) is 11.2. The number of hydrogen-bond donors (Lipinski definition) is 2. The molecule has 0 aliphatic rings. The van der Waals surface area contributed by atoms with Crippen molar-refractivity contribution >= 4 is 17.6 Å². The van der Waals surface area contributed by atoms with E-state index in [1.54, 1.807) is 6.20 Å². The third kappa shape index (κ3) is 3.47. The number of anilines is 2. The number of oxime groups is 1. The van der Waals surface area contributed by atoms with Gasteiger partial charge in [0.15, 0.2) is 0 Å². The average molecular weight is 252 g/mol. The summed E-state index contributed by atoms with van der Waals surface area (Å²) in [6, 6.07) is 1.90. The van der Waals surface area contributed by atoms with Crippen LogP contribution < -0.4 is 15.5 Å². The van der Waals surface area contributed by atoms with Gasteiger partial charge in [0.05, 0.1) is 0 Å². The van der Waals surface area contributed by atoms with Crippen LogP contribution >= 0.6 is 0 Å². The second kappa shape index (κ2) is 6.04. The summed E-state index contributed by atoms with van der Waals surface area (Å²) in [7, 11) is 5.69. The molecule has 1 aromatic rings. The van der Waals surface area contributed by atoms with E-state index in [1.807, 2.05) is 43.9 Å². The predicted molar refractivity (Wildman–Crippen MR) is 72.2 cm³/mol. The van der Waals surface area contributed by atoms with Gasteiger partial charge >= 0.3 is 0 Å². The molecule has 1 unspecified atom stereocenters. The molecule has 1 heterocycles. The van der Waals surface area contributed by atoms with Gasteiger partial charge in [-0.1, -0.05) is 5.16 Å². The quantitative estimate of drug-likeness (QED) is 0.343. The molecule has 0 aliphatic carbocycles. The first-order valence-corrected chi connectivity index (χ1v) is 5.65. The minimum absolute atomic E-state index is 0.0748. The molecule has 0 radical (unpaired) electrons. The number of rotatable bonds is 5. The molecule has 1 aromatic heterocycles. The van der Waals surface area contributed by atoms with Gasteiger partial charge in [0.25, 0.3) is 0 Å². The Morgan fingerprint density at radius 1 is 1.50 bits per heavy atom. The molecule has 0 saturated heterocycles. The van der Waals surface area contributed by atoms with Gasteiger partial charge in [-0.05, 0) is 13.0 Å². The van der Waals surface area contributed by atoms with Crippen molar-refractivity contribution in [3.63, 3.8) is 0 Å². The van der Waals surface area contributed by atoms with E-state index in [0.717, 1.165) is 5.82 Å². The van der Waals surface area contributed by atoms with Gasteiger partial charge in [0.1, 0.15) is 11.7 Å². The molecule has 1 atom stereocenters. The molecule has 18 heavy (non-hydrogen) atoms. The van der Waals surface area contributed by atoms with Crippen molar-refractivity contribution in [2.24, 2.45) is 10.9 Å². The fourth-order valence-corrected chi connectivity index (χ4v) is 1.46. The Morgan fingerprint density at radius 3 is 2.72 bits per heavy atom.